The predicted octanol–water partition coefficient (Wildman–Crippen LogP) is 1.80. The molecule has 0 radical (unpaired) electrons. The highest BCUT2D eigenvalue weighted by atomic mass is 16.3. The Bertz CT molecular complexity index is 206. The maximum absolute atomic E-state index is 10.5. The molecule has 1 heterocycles. The third-order valence-corrected chi connectivity index (χ3v) is 4.29. The Balaban J connectivity index is 1.65. The summed E-state index contributed by atoms with van der Waals surface area (Å²) < 4.78 is 0. The zero-order valence-corrected chi connectivity index (χ0v) is 11.0. The number of piperidine rings is 1. The Kier molecular flexibility index (Phi) is 5.26. The van der Waals surface area contributed by atoms with E-state index in [-0.39, 0.29) is 0 Å². The van der Waals surface area contributed by atoms with Gasteiger partial charge in [0, 0.05) is 19.1 Å². The molecule has 3 heteroatoms. The van der Waals surface area contributed by atoms with Crippen molar-refractivity contribution < 1.29 is 5.11 Å². The summed E-state index contributed by atoms with van der Waals surface area (Å²) in [7, 11) is 0. The highest BCUT2D eigenvalue weighted by Gasteiger charge is 2.27. The van der Waals surface area contributed by atoms with Crippen LogP contribution in [-0.4, -0.2) is 36.4 Å². The van der Waals surface area contributed by atoms with Gasteiger partial charge in [0.2, 0.25) is 0 Å². The van der Waals surface area contributed by atoms with E-state index in [0.29, 0.717) is 6.04 Å². The van der Waals surface area contributed by atoms with Crippen LogP contribution in [0.3, 0.4) is 0 Å². The first kappa shape index (κ1) is 13.3. The average Bonchev–Trinajstić information content (AvgIpc) is 2.56. The molecule has 1 aliphatic heterocycles. The summed E-state index contributed by atoms with van der Waals surface area (Å²) in [4.78, 5) is 0. The summed E-state index contributed by atoms with van der Waals surface area (Å²) in [5.41, 5.74) is -0.425. The molecule has 2 rings (SSSR count). The second-order valence-corrected chi connectivity index (χ2v) is 5.92. The van der Waals surface area contributed by atoms with Crippen molar-refractivity contribution in [3.05, 3.63) is 0 Å². The topological polar surface area (TPSA) is 44.3 Å². The van der Waals surface area contributed by atoms with E-state index in [1.54, 1.807) is 0 Å². The molecule has 0 amide bonds. The Morgan fingerprint density at radius 2 is 1.82 bits per heavy atom. The number of nitrogens with one attached hydrogen (secondary N) is 2. The second-order valence-electron chi connectivity index (χ2n) is 5.92. The molecule has 100 valence electrons. The summed E-state index contributed by atoms with van der Waals surface area (Å²) in [5, 5.41) is 17.5. The first-order chi connectivity index (χ1) is 8.29. The van der Waals surface area contributed by atoms with Crippen molar-refractivity contribution in [3.63, 3.8) is 0 Å². The van der Waals surface area contributed by atoms with Crippen molar-refractivity contribution in [2.45, 2.75) is 69.4 Å². The quantitative estimate of drug-likeness (QED) is 0.657. The molecule has 3 nitrogen and oxygen atoms in total. The van der Waals surface area contributed by atoms with Gasteiger partial charge in [-0.15, -0.1) is 0 Å². The van der Waals surface area contributed by atoms with Crippen LogP contribution in [0.25, 0.3) is 0 Å². The van der Waals surface area contributed by atoms with E-state index in [2.05, 4.69) is 10.6 Å². The molecule has 0 aromatic rings. The van der Waals surface area contributed by atoms with Crippen LogP contribution in [0.4, 0.5) is 0 Å². The lowest BCUT2D eigenvalue weighted by atomic mass is 9.94. The molecule has 3 N–H and O–H groups in total. The van der Waals surface area contributed by atoms with E-state index in [0.717, 1.165) is 32.5 Å². The second kappa shape index (κ2) is 6.72. The van der Waals surface area contributed by atoms with Crippen molar-refractivity contribution >= 4 is 0 Å². The number of aliphatic hydroxyl groups is 1. The van der Waals surface area contributed by atoms with Gasteiger partial charge in [0.1, 0.15) is 0 Å². The fraction of sp³-hybridized carbons (Fsp3) is 1.00. The van der Waals surface area contributed by atoms with Gasteiger partial charge in [-0.1, -0.05) is 32.1 Å². The summed E-state index contributed by atoms with van der Waals surface area (Å²) in [6, 6.07) is 0.623. The van der Waals surface area contributed by atoms with Gasteiger partial charge in [-0.05, 0) is 32.2 Å². The lowest BCUT2D eigenvalue weighted by Gasteiger charge is -2.29. The van der Waals surface area contributed by atoms with Crippen LogP contribution >= 0.6 is 0 Å². The molecular formula is C14H28N2O. The molecular weight excluding hydrogens is 212 g/mol. The van der Waals surface area contributed by atoms with E-state index < -0.39 is 5.60 Å². The lowest BCUT2D eigenvalue weighted by molar-refractivity contribution is 0.0248. The van der Waals surface area contributed by atoms with Crippen LogP contribution in [0.15, 0.2) is 0 Å². The Labute approximate surface area is 105 Å². The van der Waals surface area contributed by atoms with Gasteiger partial charge in [0.15, 0.2) is 0 Å². The van der Waals surface area contributed by atoms with Crippen molar-refractivity contribution in [1.82, 2.24) is 10.6 Å². The number of hydrogen-bond acceptors (Lipinski definition) is 3. The third kappa shape index (κ3) is 4.57. The zero-order chi connectivity index (χ0) is 12.0. The molecule has 2 fully saturated rings. The summed E-state index contributed by atoms with van der Waals surface area (Å²) in [6.45, 7) is 2.96. The minimum absolute atomic E-state index is 0.425. The SMILES string of the molecule is OC1(CNCC2CCCCN2)CCCCCC1. The standard InChI is InChI=1S/C14H28N2O/c17-14(8-4-1-2-5-9-14)12-15-11-13-7-3-6-10-16-13/h13,15-17H,1-12H2. The normalized spacial score (nSPS) is 29.8. The van der Waals surface area contributed by atoms with Gasteiger partial charge in [-0.3, -0.25) is 0 Å². The van der Waals surface area contributed by atoms with Gasteiger partial charge >= 0.3 is 0 Å². The maximum atomic E-state index is 10.5. The van der Waals surface area contributed by atoms with Gasteiger partial charge in [-0.2, -0.15) is 0 Å². The molecule has 17 heavy (non-hydrogen) atoms. The molecule has 0 aromatic heterocycles. The first-order valence-electron chi connectivity index (χ1n) is 7.45. The average molecular weight is 240 g/mol. The van der Waals surface area contributed by atoms with Gasteiger partial charge in [0.25, 0.3) is 0 Å². The highest BCUT2D eigenvalue weighted by Crippen LogP contribution is 2.26. The Morgan fingerprint density at radius 1 is 1.06 bits per heavy atom. The van der Waals surface area contributed by atoms with Crippen molar-refractivity contribution in [3.8, 4) is 0 Å². The predicted molar refractivity (Wildman–Crippen MR) is 71.2 cm³/mol. The molecule has 1 aliphatic carbocycles. The molecule has 0 aromatic carbocycles. The number of rotatable bonds is 4. The largest absolute Gasteiger partial charge is 0.389 e. The van der Waals surface area contributed by atoms with E-state index in [9.17, 15) is 5.11 Å². The van der Waals surface area contributed by atoms with Crippen LogP contribution < -0.4 is 10.6 Å². The molecule has 1 atom stereocenters. The summed E-state index contributed by atoms with van der Waals surface area (Å²) in [6.07, 6.45) is 10.9. The zero-order valence-electron chi connectivity index (χ0n) is 11.0. The highest BCUT2D eigenvalue weighted by molar-refractivity contribution is 4.84. The fourth-order valence-corrected chi connectivity index (χ4v) is 3.14. The van der Waals surface area contributed by atoms with Crippen LogP contribution in [0, 0.1) is 0 Å². The van der Waals surface area contributed by atoms with Crippen LogP contribution in [0.2, 0.25) is 0 Å². The molecule has 1 unspecified atom stereocenters. The third-order valence-electron chi connectivity index (χ3n) is 4.29. The van der Waals surface area contributed by atoms with E-state index in [4.69, 9.17) is 0 Å². The van der Waals surface area contributed by atoms with Gasteiger partial charge in [0.05, 0.1) is 5.60 Å². The van der Waals surface area contributed by atoms with E-state index >= 15 is 0 Å². The van der Waals surface area contributed by atoms with Crippen LogP contribution in [0.1, 0.15) is 57.8 Å². The van der Waals surface area contributed by atoms with Crippen molar-refractivity contribution in [2.75, 3.05) is 19.6 Å². The molecule has 1 saturated carbocycles. The van der Waals surface area contributed by atoms with Crippen molar-refractivity contribution in [1.29, 1.82) is 0 Å². The Hall–Kier alpha value is -0.120. The lowest BCUT2D eigenvalue weighted by Crippen LogP contribution is -2.47. The smallest absolute Gasteiger partial charge is 0.0771 e. The fourth-order valence-electron chi connectivity index (χ4n) is 3.14. The molecule has 0 spiro atoms. The molecule has 1 saturated heterocycles. The van der Waals surface area contributed by atoms with E-state index in [1.165, 1.54) is 44.9 Å². The maximum Gasteiger partial charge on any atom is 0.0771 e. The van der Waals surface area contributed by atoms with E-state index in [1.807, 2.05) is 0 Å². The molecule has 2 aliphatic rings. The van der Waals surface area contributed by atoms with Gasteiger partial charge < -0.3 is 15.7 Å². The van der Waals surface area contributed by atoms with Crippen LogP contribution in [0.5, 0.6) is 0 Å². The molecule has 0 bridgehead atoms. The Morgan fingerprint density at radius 3 is 2.47 bits per heavy atom. The first-order valence-corrected chi connectivity index (χ1v) is 7.45. The van der Waals surface area contributed by atoms with Crippen LogP contribution in [-0.2, 0) is 0 Å². The minimum Gasteiger partial charge on any atom is -0.389 e. The minimum atomic E-state index is -0.425. The monoisotopic (exact) mass is 240 g/mol. The summed E-state index contributed by atoms with van der Waals surface area (Å²) >= 11 is 0. The van der Waals surface area contributed by atoms with Crippen molar-refractivity contribution in [2.24, 2.45) is 0 Å². The van der Waals surface area contributed by atoms with Gasteiger partial charge in [-0.25, -0.2) is 0 Å². The summed E-state index contributed by atoms with van der Waals surface area (Å²) in [5.74, 6) is 0. The number of hydrogen-bond donors (Lipinski definition) is 3.